The molecule has 0 radical (unpaired) electrons. The van der Waals surface area contributed by atoms with Gasteiger partial charge < -0.3 is 14.2 Å². The molecule has 2 rings (SSSR count). The Kier molecular flexibility index (Phi) is 4.01. The predicted molar refractivity (Wildman–Crippen MR) is 69.3 cm³/mol. The first kappa shape index (κ1) is 12.8. The summed E-state index contributed by atoms with van der Waals surface area (Å²) in [6, 6.07) is 7.76. The minimum atomic E-state index is -0.689. The average Bonchev–Trinajstić information content (AvgIpc) is 2.71. The molecule has 1 aliphatic heterocycles. The fourth-order valence-electron chi connectivity index (χ4n) is 1.83. The van der Waals surface area contributed by atoms with E-state index >= 15 is 0 Å². The molecule has 4 nitrogen and oxygen atoms in total. The lowest BCUT2D eigenvalue weighted by atomic mass is 10.0. The molecule has 92 valence electrons. The van der Waals surface area contributed by atoms with Crippen LogP contribution in [0, 0.1) is 3.57 Å². The Labute approximate surface area is 113 Å². The Hall–Kier alpha value is -0.660. The van der Waals surface area contributed by atoms with Gasteiger partial charge in [0.15, 0.2) is 12.4 Å². The second-order valence-electron chi connectivity index (χ2n) is 3.73. The van der Waals surface area contributed by atoms with Crippen LogP contribution in [0.25, 0.3) is 0 Å². The van der Waals surface area contributed by atoms with Crippen LogP contribution in [-0.4, -0.2) is 25.5 Å². The number of halogens is 1. The third kappa shape index (κ3) is 2.61. The molecule has 17 heavy (non-hydrogen) atoms. The smallest absolute Gasteiger partial charge is 0.338 e. The Morgan fingerprint density at radius 2 is 2.06 bits per heavy atom. The summed E-state index contributed by atoms with van der Waals surface area (Å²) in [5.41, 5.74) is 0.952. The Bertz CT molecular complexity index is 421. The van der Waals surface area contributed by atoms with Crippen molar-refractivity contribution in [1.29, 1.82) is 0 Å². The number of carbonyl (C=O) groups is 1. The molecule has 0 N–H and O–H groups in total. The topological polar surface area (TPSA) is 44.8 Å². The number of hydrogen-bond donors (Lipinski definition) is 0. The maximum absolute atomic E-state index is 11.6. The zero-order valence-corrected chi connectivity index (χ0v) is 11.7. The lowest BCUT2D eigenvalue weighted by Crippen LogP contribution is -2.27. The number of benzene rings is 1. The molecule has 5 heteroatoms. The SMILES string of the molecule is COC(=O)C1OC(C)OC1c1ccccc1I. The van der Waals surface area contributed by atoms with Gasteiger partial charge in [-0.2, -0.15) is 0 Å². The van der Waals surface area contributed by atoms with Crippen LogP contribution in [0.4, 0.5) is 0 Å². The van der Waals surface area contributed by atoms with Crippen LogP contribution in [-0.2, 0) is 19.0 Å². The lowest BCUT2D eigenvalue weighted by molar-refractivity contribution is -0.153. The molecule has 0 spiro atoms. The van der Waals surface area contributed by atoms with Crippen LogP contribution in [0.2, 0.25) is 0 Å². The monoisotopic (exact) mass is 348 g/mol. The van der Waals surface area contributed by atoms with Crippen LogP contribution >= 0.6 is 22.6 Å². The van der Waals surface area contributed by atoms with Gasteiger partial charge in [0.2, 0.25) is 0 Å². The maximum atomic E-state index is 11.6. The van der Waals surface area contributed by atoms with Crippen molar-refractivity contribution in [2.24, 2.45) is 0 Å². The molecular weight excluding hydrogens is 335 g/mol. The second kappa shape index (κ2) is 5.32. The summed E-state index contributed by atoms with van der Waals surface area (Å²) >= 11 is 2.21. The van der Waals surface area contributed by atoms with E-state index in [2.05, 4.69) is 22.6 Å². The first-order chi connectivity index (χ1) is 8.13. The molecule has 1 heterocycles. The van der Waals surface area contributed by atoms with Gasteiger partial charge in [0.05, 0.1) is 7.11 Å². The summed E-state index contributed by atoms with van der Waals surface area (Å²) in [5.74, 6) is -0.404. The zero-order valence-electron chi connectivity index (χ0n) is 9.55. The molecular formula is C12H13IO4. The van der Waals surface area contributed by atoms with Crippen molar-refractivity contribution in [2.75, 3.05) is 7.11 Å². The van der Waals surface area contributed by atoms with E-state index in [0.29, 0.717) is 0 Å². The molecule has 1 aromatic carbocycles. The molecule has 0 amide bonds. The van der Waals surface area contributed by atoms with Crippen LogP contribution in [0.15, 0.2) is 24.3 Å². The molecule has 0 saturated carbocycles. The zero-order chi connectivity index (χ0) is 12.4. The van der Waals surface area contributed by atoms with Crippen LogP contribution in [0.1, 0.15) is 18.6 Å². The molecule has 1 aromatic rings. The summed E-state index contributed by atoms with van der Waals surface area (Å²) in [7, 11) is 1.35. The van der Waals surface area contributed by atoms with Gasteiger partial charge in [-0.15, -0.1) is 0 Å². The van der Waals surface area contributed by atoms with E-state index in [0.717, 1.165) is 9.13 Å². The summed E-state index contributed by atoms with van der Waals surface area (Å²) in [5, 5.41) is 0. The molecule has 1 fully saturated rings. The van der Waals surface area contributed by atoms with Gasteiger partial charge >= 0.3 is 5.97 Å². The van der Waals surface area contributed by atoms with E-state index in [-0.39, 0.29) is 0 Å². The Morgan fingerprint density at radius 1 is 1.35 bits per heavy atom. The largest absolute Gasteiger partial charge is 0.467 e. The van der Waals surface area contributed by atoms with Crippen molar-refractivity contribution in [3.8, 4) is 0 Å². The van der Waals surface area contributed by atoms with Crippen molar-refractivity contribution in [3.63, 3.8) is 0 Å². The fraction of sp³-hybridized carbons (Fsp3) is 0.417. The number of hydrogen-bond acceptors (Lipinski definition) is 4. The Balaban J connectivity index is 2.30. The van der Waals surface area contributed by atoms with Crippen molar-refractivity contribution >= 4 is 28.6 Å². The average molecular weight is 348 g/mol. The van der Waals surface area contributed by atoms with Gasteiger partial charge in [0.25, 0.3) is 0 Å². The highest BCUT2D eigenvalue weighted by Crippen LogP contribution is 2.35. The van der Waals surface area contributed by atoms with E-state index in [1.165, 1.54) is 7.11 Å². The molecule has 3 atom stereocenters. The lowest BCUT2D eigenvalue weighted by Gasteiger charge is -2.16. The van der Waals surface area contributed by atoms with Gasteiger partial charge in [-0.3, -0.25) is 0 Å². The number of ether oxygens (including phenoxy) is 3. The first-order valence-electron chi connectivity index (χ1n) is 5.26. The number of methoxy groups -OCH3 is 1. The van der Waals surface area contributed by atoms with E-state index in [1.807, 2.05) is 24.3 Å². The molecule has 1 aliphatic rings. The summed E-state index contributed by atoms with van der Waals surface area (Å²) in [6.07, 6.45) is -1.49. The molecule has 3 unspecified atom stereocenters. The second-order valence-corrected chi connectivity index (χ2v) is 4.89. The van der Waals surface area contributed by atoms with E-state index in [1.54, 1.807) is 6.92 Å². The van der Waals surface area contributed by atoms with Gasteiger partial charge in [-0.25, -0.2) is 4.79 Å². The predicted octanol–water partition coefficient (Wildman–Crippen LogP) is 2.27. The van der Waals surface area contributed by atoms with Crippen LogP contribution < -0.4 is 0 Å². The standard InChI is InChI=1S/C12H13IO4/c1-7-16-10(11(17-7)12(14)15-2)8-5-3-4-6-9(8)13/h3-7,10-11H,1-2H3. The molecule has 1 saturated heterocycles. The summed E-state index contributed by atoms with van der Waals surface area (Å²) < 4.78 is 16.8. The highest BCUT2D eigenvalue weighted by atomic mass is 127. The minimum absolute atomic E-state index is 0.398. The minimum Gasteiger partial charge on any atom is -0.467 e. The molecule has 0 aliphatic carbocycles. The third-order valence-corrected chi connectivity index (χ3v) is 3.58. The normalized spacial score (nSPS) is 28.1. The highest BCUT2D eigenvalue weighted by Gasteiger charge is 2.41. The van der Waals surface area contributed by atoms with Gasteiger partial charge in [0.1, 0.15) is 6.10 Å². The molecule has 0 bridgehead atoms. The van der Waals surface area contributed by atoms with E-state index in [4.69, 9.17) is 14.2 Å². The van der Waals surface area contributed by atoms with Gasteiger partial charge in [0, 0.05) is 3.57 Å². The van der Waals surface area contributed by atoms with Crippen molar-refractivity contribution < 1.29 is 19.0 Å². The molecule has 0 aromatic heterocycles. The quantitative estimate of drug-likeness (QED) is 0.608. The summed E-state index contributed by atoms with van der Waals surface area (Å²) in [4.78, 5) is 11.6. The fourth-order valence-corrected chi connectivity index (χ4v) is 2.52. The first-order valence-corrected chi connectivity index (χ1v) is 6.34. The summed E-state index contributed by atoms with van der Waals surface area (Å²) in [6.45, 7) is 1.77. The Morgan fingerprint density at radius 3 is 2.71 bits per heavy atom. The number of carbonyl (C=O) groups excluding carboxylic acids is 1. The maximum Gasteiger partial charge on any atom is 0.338 e. The van der Waals surface area contributed by atoms with Crippen molar-refractivity contribution in [1.82, 2.24) is 0 Å². The third-order valence-electron chi connectivity index (χ3n) is 2.60. The highest BCUT2D eigenvalue weighted by molar-refractivity contribution is 14.1. The number of esters is 1. The van der Waals surface area contributed by atoms with E-state index < -0.39 is 24.5 Å². The number of rotatable bonds is 2. The van der Waals surface area contributed by atoms with Crippen molar-refractivity contribution in [3.05, 3.63) is 33.4 Å². The van der Waals surface area contributed by atoms with Crippen LogP contribution in [0.5, 0.6) is 0 Å². The van der Waals surface area contributed by atoms with E-state index in [9.17, 15) is 4.79 Å². The van der Waals surface area contributed by atoms with Crippen LogP contribution in [0.3, 0.4) is 0 Å². The van der Waals surface area contributed by atoms with Gasteiger partial charge in [-0.1, -0.05) is 18.2 Å². The van der Waals surface area contributed by atoms with Gasteiger partial charge in [-0.05, 0) is 41.1 Å². The van der Waals surface area contributed by atoms with Crippen molar-refractivity contribution in [2.45, 2.75) is 25.4 Å².